The van der Waals surface area contributed by atoms with Gasteiger partial charge in [0.1, 0.15) is 0 Å². The average Bonchev–Trinajstić information content (AvgIpc) is 2.59. The largest absolute Gasteiger partial charge is 0.490 e. The molecule has 0 amide bonds. The monoisotopic (exact) mass is 277 g/mol. The fourth-order valence-corrected chi connectivity index (χ4v) is 3.82. The first-order chi connectivity index (χ1) is 9.36. The number of hydrogen-bond donors (Lipinski definition) is 1. The van der Waals surface area contributed by atoms with Gasteiger partial charge in [0.05, 0.1) is 11.2 Å². The van der Waals surface area contributed by atoms with Crippen LogP contribution in [0.4, 0.5) is 0 Å². The molecular formula is C16H28BNO2. The standard InChI is InChI=1S/C16H28BNO2/c1-14(2)15(3,4)20-17(19-14)13-8-11-18-12-16(13)9-6-5-7-10-16/h8,18H,5-7,9-12H2,1-4H3. The second-order valence-corrected chi connectivity index (χ2v) is 7.72. The summed E-state index contributed by atoms with van der Waals surface area (Å²) in [5.41, 5.74) is 1.21. The van der Waals surface area contributed by atoms with Gasteiger partial charge < -0.3 is 14.6 Å². The number of hydrogen-bond acceptors (Lipinski definition) is 3. The second-order valence-electron chi connectivity index (χ2n) is 7.72. The van der Waals surface area contributed by atoms with E-state index in [1.54, 1.807) is 0 Å². The Balaban J connectivity index is 1.87. The van der Waals surface area contributed by atoms with Gasteiger partial charge in [-0.05, 0) is 46.0 Å². The van der Waals surface area contributed by atoms with E-state index in [9.17, 15) is 0 Å². The molecule has 0 radical (unpaired) electrons. The Morgan fingerprint density at radius 2 is 1.60 bits per heavy atom. The average molecular weight is 277 g/mol. The first-order valence-corrected chi connectivity index (χ1v) is 8.13. The maximum absolute atomic E-state index is 6.31. The lowest BCUT2D eigenvalue weighted by Gasteiger charge is -2.43. The van der Waals surface area contributed by atoms with Gasteiger partial charge in [0, 0.05) is 18.5 Å². The molecule has 3 nitrogen and oxygen atoms in total. The SMILES string of the molecule is CC1(C)OB(C2=CCNCC23CCCCC3)OC1(C)C. The highest BCUT2D eigenvalue weighted by Crippen LogP contribution is 2.48. The summed E-state index contributed by atoms with van der Waals surface area (Å²) in [5, 5.41) is 3.55. The molecule has 20 heavy (non-hydrogen) atoms. The molecule has 0 atom stereocenters. The first-order valence-electron chi connectivity index (χ1n) is 8.13. The molecule has 3 aliphatic rings. The van der Waals surface area contributed by atoms with E-state index in [1.165, 1.54) is 37.6 Å². The van der Waals surface area contributed by atoms with E-state index in [2.05, 4.69) is 39.1 Å². The van der Waals surface area contributed by atoms with Gasteiger partial charge in [0.25, 0.3) is 0 Å². The van der Waals surface area contributed by atoms with Gasteiger partial charge >= 0.3 is 7.12 Å². The summed E-state index contributed by atoms with van der Waals surface area (Å²) < 4.78 is 12.6. The molecular weight excluding hydrogens is 249 g/mol. The predicted octanol–water partition coefficient (Wildman–Crippen LogP) is 3.10. The third kappa shape index (κ3) is 2.26. The van der Waals surface area contributed by atoms with Crippen LogP contribution in [0.5, 0.6) is 0 Å². The van der Waals surface area contributed by atoms with Gasteiger partial charge in [0.2, 0.25) is 0 Å². The van der Waals surface area contributed by atoms with Crippen molar-refractivity contribution < 1.29 is 9.31 Å². The summed E-state index contributed by atoms with van der Waals surface area (Å²) in [5.74, 6) is 0. The zero-order chi connectivity index (χ0) is 14.4. The van der Waals surface area contributed by atoms with Gasteiger partial charge in [-0.3, -0.25) is 0 Å². The number of rotatable bonds is 1. The predicted molar refractivity (Wildman–Crippen MR) is 82.6 cm³/mol. The van der Waals surface area contributed by atoms with Crippen LogP contribution < -0.4 is 5.32 Å². The lowest BCUT2D eigenvalue weighted by Crippen LogP contribution is -2.47. The summed E-state index contributed by atoms with van der Waals surface area (Å²) >= 11 is 0. The van der Waals surface area contributed by atoms with Crippen LogP contribution >= 0.6 is 0 Å². The molecule has 2 aliphatic heterocycles. The third-order valence-corrected chi connectivity index (χ3v) is 5.86. The molecule has 1 spiro atoms. The molecule has 2 heterocycles. The van der Waals surface area contributed by atoms with Gasteiger partial charge in [-0.1, -0.05) is 25.3 Å². The second kappa shape index (κ2) is 4.86. The summed E-state index contributed by atoms with van der Waals surface area (Å²) in [6, 6.07) is 0. The van der Waals surface area contributed by atoms with Crippen LogP contribution in [0, 0.1) is 5.41 Å². The third-order valence-electron chi connectivity index (χ3n) is 5.86. The molecule has 0 aromatic rings. The minimum Gasteiger partial charge on any atom is -0.400 e. The Hall–Kier alpha value is -0.315. The van der Waals surface area contributed by atoms with E-state index in [-0.39, 0.29) is 23.7 Å². The molecule has 4 heteroatoms. The van der Waals surface area contributed by atoms with Gasteiger partial charge in [0.15, 0.2) is 0 Å². The van der Waals surface area contributed by atoms with Crippen molar-refractivity contribution in [3.8, 4) is 0 Å². The van der Waals surface area contributed by atoms with E-state index in [1.807, 2.05) is 0 Å². The molecule has 0 aromatic heterocycles. The van der Waals surface area contributed by atoms with E-state index in [0.29, 0.717) is 0 Å². The van der Waals surface area contributed by atoms with Crippen molar-refractivity contribution in [1.82, 2.24) is 5.32 Å². The van der Waals surface area contributed by atoms with E-state index < -0.39 is 0 Å². The van der Waals surface area contributed by atoms with Crippen LogP contribution in [0.2, 0.25) is 0 Å². The summed E-state index contributed by atoms with van der Waals surface area (Å²) in [6.45, 7) is 10.6. The van der Waals surface area contributed by atoms with Crippen molar-refractivity contribution in [1.29, 1.82) is 0 Å². The first kappa shape index (κ1) is 14.6. The van der Waals surface area contributed by atoms with Crippen molar-refractivity contribution in [3.63, 3.8) is 0 Å². The molecule has 1 saturated heterocycles. The van der Waals surface area contributed by atoms with Gasteiger partial charge in [-0.2, -0.15) is 0 Å². The van der Waals surface area contributed by atoms with E-state index >= 15 is 0 Å². The lowest BCUT2D eigenvalue weighted by molar-refractivity contribution is 0.00578. The highest BCUT2D eigenvalue weighted by molar-refractivity contribution is 6.55. The topological polar surface area (TPSA) is 30.5 Å². The normalized spacial score (nSPS) is 31.4. The number of nitrogens with one attached hydrogen (secondary N) is 1. The zero-order valence-corrected chi connectivity index (χ0v) is 13.4. The molecule has 112 valence electrons. The molecule has 1 saturated carbocycles. The maximum atomic E-state index is 6.31. The molecule has 2 fully saturated rings. The Labute approximate surface area is 123 Å². The smallest absolute Gasteiger partial charge is 0.400 e. The van der Waals surface area contributed by atoms with Crippen LogP contribution in [0.15, 0.2) is 11.5 Å². The molecule has 1 N–H and O–H groups in total. The van der Waals surface area contributed by atoms with Crippen molar-refractivity contribution in [2.45, 2.75) is 71.0 Å². The van der Waals surface area contributed by atoms with Crippen LogP contribution in [-0.4, -0.2) is 31.4 Å². The summed E-state index contributed by atoms with van der Waals surface area (Å²) in [6.07, 6.45) is 8.91. The van der Waals surface area contributed by atoms with Crippen molar-refractivity contribution in [3.05, 3.63) is 11.5 Å². The Bertz CT molecular complexity index is 395. The highest BCUT2D eigenvalue weighted by atomic mass is 16.7. The van der Waals surface area contributed by atoms with Crippen LogP contribution in [-0.2, 0) is 9.31 Å². The maximum Gasteiger partial charge on any atom is 0.490 e. The molecule has 3 rings (SSSR count). The Morgan fingerprint density at radius 3 is 2.20 bits per heavy atom. The van der Waals surface area contributed by atoms with Gasteiger partial charge in [-0.15, -0.1) is 0 Å². The summed E-state index contributed by atoms with van der Waals surface area (Å²) in [7, 11) is -0.153. The quantitative estimate of drug-likeness (QED) is 0.747. The molecule has 0 unspecified atom stereocenters. The van der Waals surface area contributed by atoms with Crippen LogP contribution in [0.25, 0.3) is 0 Å². The Morgan fingerprint density at radius 1 is 1.00 bits per heavy atom. The summed E-state index contributed by atoms with van der Waals surface area (Å²) in [4.78, 5) is 0. The van der Waals surface area contributed by atoms with Crippen molar-refractivity contribution >= 4 is 7.12 Å². The molecule has 0 aromatic carbocycles. The minimum absolute atomic E-state index is 0.153. The zero-order valence-electron chi connectivity index (χ0n) is 13.4. The van der Waals surface area contributed by atoms with E-state index in [0.717, 1.165) is 13.1 Å². The fraction of sp³-hybridized carbons (Fsp3) is 0.875. The highest BCUT2D eigenvalue weighted by Gasteiger charge is 2.56. The molecule has 1 aliphatic carbocycles. The van der Waals surface area contributed by atoms with Crippen LogP contribution in [0.1, 0.15) is 59.8 Å². The van der Waals surface area contributed by atoms with Crippen molar-refractivity contribution in [2.24, 2.45) is 5.41 Å². The lowest BCUT2D eigenvalue weighted by atomic mass is 9.56. The Kier molecular flexibility index (Phi) is 3.55. The molecule has 0 bridgehead atoms. The van der Waals surface area contributed by atoms with Crippen LogP contribution in [0.3, 0.4) is 0 Å². The minimum atomic E-state index is -0.237. The fourth-order valence-electron chi connectivity index (χ4n) is 3.82. The van der Waals surface area contributed by atoms with E-state index in [4.69, 9.17) is 9.31 Å². The van der Waals surface area contributed by atoms with Gasteiger partial charge in [-0.25, -0.2) is 0 Å². The van der Waals surface area contributed by atoms with Crippen molar-refractivity contribution in [2.75, 3.05) is 13.1 Å².